The van der Waals surface area contributed by atoms with Crippen LogP contribution in [0.5, 0.6) is 0 Å². The highest BCUT2D eigenvalue weighted by molar-refractivity contribution is 7.92. The van der Waals surface area contributed by atoms with Gasteiger partial charge in [-0.3, -0.25) is 9.52 Å². The summed E-state index contributed by atoms with van der Waals surface area (Å²) in [6.07, 6.45) is 0. The highest BCUT2D eigenvalue weighted by Gasteiger charge is 2.18. The summed E-state index contributed by atoms with van der Waals surface area (Å²) < 4.78 is 27.7. The lowest BCUT2D eigenvalue weighted by atomic mass is 10.3. The first-order valence-electron chi connectivity index (χ1n) is 7.77. The van der Waals surface area contributed by atoms with Gasteiger partial charge in [0.1, 0.15) is 10.8 Å². The molecule has 144 valence electrons. The SMILES string of the molecule is O=C(Nc1cccc(S(=O)(=O)Nc2ccccc2Cl)c1)c1nc(Cl)ccc1Cl. The van der Waals surface area contributed by atoms with Gasteiger partial charge in [0.15, 0.2) is 0 Å². The molecule has 2 N–H and O–H groups in total. The number of sulfonamides is 1. The van der Waals surface area contributed by atoms with Crippen LogP contribution in [0.1, 0.15) is 10.5 Å². The Morgan fingerprint density at radius 3 is 2.39 bits per heavy atom. The van der Waals surface area contributed by atoms with Gasteiger partial charge in [-0.2, -0.15) is 0 Å². The minimum Gasteiger partial charge on any atom is -0.321 e. The third-order valence-corrected chi connectivity index (χ3v) is 5.76. The number of hydrogen-bond acceptors (Lipinski definition) is 4. The Bertz CT molecular complexity index is 1150. The smallest absolute Gasteiger partial charge is 0.275 e. The van der Waals surface area contributed by atoms with Crippen molar-refractivity contribution in [2.24, 2.45) is 0 Å². The molecule has 2 aromatic carbocycles. The third kappa shape index (κ3) is 4.74. The van der Waals surface area contributed by atoms with Crippen LogP contribution in [0.25, 0.3) is 0 Å². The standard InChI is InChI=1S/C18H12Cl3N3O3S/c19-13-6-1-2-7-15(13)24-28(26,27)12-5-3-4-11(10-12)22-18(25)17-14(20)8-9-16(21)23-17/h1-10,24H,(H,22,25). The summed E-state index contributed by atoms with van der Waals surface area (Å²) in [5, 5.41) is 3.04. The van der Waals surface area contributed by atoms with Crippen molar-refractivity contribution < 1.29 is 13.2 Å². The van der Waals surface area contributed by atoms with Crippen molar-refractivity contribution in [1.82, 2.24) is 4.98 Å². The van der Waals surface area contributed by atoms with Crippen LogP contribution in [0.3, 0.4) is 0 Å². The van der Waals surface area contributed by atoms with E-state index in [1.807, 2.05) is 0 Å². The summed E-state index contributed by atoms with van der Waals surface area (Å²) in [5.41, 5.74) is 0.412. The molecule has 0 fully saturated rings. The fourth-order valence-electron chi connectivity index (χ4n) is 2.26. The van der Waals surface area contributed by atoms with Crippen molar-refractivity contribution in [3.63, 3.8) is 0 Å². The van der Waals surface area contributed by atoms with Crippen molar-refractivity contribution in [3.8, 4) is 0 Å². The zero-order valence-corrected chi connectivity index (χ0v) is 17.1. The molecule has 1 aromatic heterocycles. The fourth-order valence-corrected chi connectivity index (χ4v) is 3.96. The van der Waals surface area contributed by atoms with E-state index in [1.165, 1.54) is 36.4 Å². The number of nitrogens with one attached hydrogen (secondary N) is 2. The molecule has 1 amide bonds. The number of rotatable bonds is 5. The Kier molecular flexibility index (Phi) is 6.10. The van der Waals surface area contributed by atoms with Gasteiger partial charge in [-0.15, -0.1) is 0 Å². The molecule has 0 aliphatic rings. The van der Waals surface area contributed by atoms with Gasteiger partial charge in [0, 0.05) is 5.69 Å². The maximum atomic E-state index is 12.6. The molecule has 0 aliphatic carbocycles. The molecule has 0 unspecified atom stereocenters. The van der Waals surface area contributed by atoms with E-state index < -0.39 is 15.9 Å². The van der Waals surface area contributed by atoms with Crippen LogP contribution in [-0.4, -0.2) is 19.3 Å². The highest BCUT2D eigenvalue weighted by atomic mass is 35.5. The molecule has 0 aliphatic heterocycles. The van der Waals surface area contributed by atoms with Crippen molar-refractivity contribution in [2.45, 2.75) is 4.90 Å². The molecule has 1 heterocycles. The molecular formula is C18H12Cl3N3O3S. The van der Waals surface area contributed by atoms with Crippen molar-refractivity contribution >= 4 is 62.1 Å². The predicted molar refractivity (Wildman–Crippen MR) is 111 cm³/mol. The minimum absolute atomic E-state index is 0.0598. The largest absolute Gasteiger partial charge is 0.321 e. The Morgan fingerprint density at radius 2 is 1.64 bits per heavy atom. The van der Waals surface area contributed by atoms with E-state index >= 15 is 0 Å². The molecule has 0 saturated heterocycles. The fraction of sp³-hybridized carbons (Fsp3) is 0. The van der Waals surface area contributed by atoms with Gasteiger partial charge in [0.05, 0.1) is 20.6 Å². The zero-order valence-electron chi connectivity index (χ0n) is 14.0. The number of amides is 1. The van der Waals surface area contributed by atoms with Crippen LogP contribution in [0.2, 0.25) is 15.2 Å². The van der Waals surface area contributed by atoms with Crippen LogP contribution in [0.15, 0.2) is 65.6 Å². The van der Waals surface area contributed by atoms with E-state index in [1.54, 1.807) is 24.3 Å². The van der Waals surface area contributed by atoms with Crippen LogP contribution < -0.4 is 10.0 Å². The first-order chi connectivity index (χ1) is 13.3. The number of benzene rings is 2. The molecule has 0 radical (unpaired) electrons. The summed E-state index contributed by atoms with van der Waals surface area (Å²) in [4.78, 5) is 16.2. The second kappa shape index (κ2) is 8.36. The van der Waals surface area contributed by atoms with E-state index in [-0.39, 0.29) is 37.2 Å². The van der Waals surface area contributed by atoms with E-state index in [9.17, 15) is 13.2 Å². The maximum absolute atomic E-state index is 12.6. The van der Waals surface area contributed by atoms with E-state index in [0.717, 1.165) is 0 Å². The van der Waals surface area contributed by atoms with Crippen molar-refractivity contribution in [2.75, 3.05) is 10.0 Å². The lowest BCUT2D eigenvalue weighted by molar-refractivity contribution is 0.102. The number of pyridine rings is 1. The Balaban J connectivity index is 1.85. The Hall–Kier alpha value is -2.32. The normalized spacial score (nSPS) is 11.1. The number of carbonyl (C=O) groups excluding carboxylic acids is 1. The number of nitrogens with zero attached hydrogens (tertiary/aromatic N) is 1. The summed E-state index contributed by atoms with van der Waals surface area (Å²) >= 11 is 17.8. The van der Waals surface area contributed by atoms with E-state index in [4.69, 9.17) is 34.8 Å². The minimum atomic E-state index is -3.92. The third-order valence-electron chi connectivity index (χ3n) is 3.55. The first kappa shape index (κ1) is 20.4. The van der Waals surface area contributed by atoms with Crippen LogP contribution in [0.4, 0.5) is 11.4 Å². The number of aromatic nitrogens is 1. The molecule has 0 saturated carbocycles. The van der Waals surface area contributed by atoms with Crippen molar-refractivity contribution in [1.29, 1.82) is 0 Å². The average Bonchev–Trinajstić information content (AvgIpc) is 2.65. The molecule has 0 spiro atoms. The molecule has 0 bridgehead atoms. The number of hydrogen-bond donors (Lipinski definition) is 2. The van der Waals surface area contributed by atoms with Gasteiger partial charge in [0.25, 0.3) is 15.9 Å². The second-order valence-electron chi connectivity index (χ2n) is 5.53. The van der Waals surface area contributed by atoms with Crippen LogP contribution >= 0.6 is 34.8 Å². The van der Waals surface area contributed by atoms with E-state index in [0.29, 0.717) is 0 Å². The molecule has 3 aromatic rings. The molecule has 6 nitrogen and oxygen atoms in total. The number of halogens is 3. The van der Waals surface area contributed by atoms with E-state index in [2.05, 4.69) is 15.0 Å². The lowest BCUT2D eigenvalue weighted by Crippen LogP contribution is -2.16. The van der Waals surface area contributed by atoms with Gasteiger partial charge in [0.2, 0.25) is 0 Å². The Labute approximate surface area is 176 Å². The molecule has 0 atom stereocenters. The summed E-state index contributed by atoms with van der Waals surface area (Å²) in [5.74, 6) is -0.624. The summed E-state index contributed by atoms with van der Waals surface area (Å²) in [6.45, 7) is 0. The maximum Gasteiger partial charge on any atom is 0.275 e. The van der Waals surface area contributed by atoms with Gasteiger partial charge >= 0.3 is 0 Å². The lowest BCUT2D eigenvalue weighted by Gasteiger charge is -2.11. The molecule has 10 heteroatoms. The molecule has 28 heavy (non-hydrogen) atoms. The number of para-hydroxylation sites is 1. The summed E-state index contributed by atoms with van der Waals surface area (Å²) in [7, 11) is -3.92. The number of carbonyl (C=O) groups is 1. The van der Waals surface area contributed by atoms with Gasteiger partial charge in [-0.1, -0.05) is 53.0 Å². The average molecular weight is 457 g/mol. The quantitative estimate of drug-likeness (QED) is 0.523. The predicted octanol–water partition coefficient (Wildman–Crippen LogP) is 5.09. The molecular weight excluding hydrogens is 445 g/mol. The topological polar surface area (TPSA) is 88.2 Å². The highest BCUT2D eigenvalue weighted by Crippen LogP contribution is 2.25. The molecule has 3 rings (SSSR count). The monoisotopic (exact) mass is 455 g/mol. The second-order valence-corrected chi connectivity index (χ2v) is 8.42. The van der Waals surface area contributed by atoms with Gasteiger partial charge in [-0.25, -0.2) is 13.4 Å². The Morgan fingerprint density at radius 1 is 0.893 bits per heavy atom. The van der Waals surface area contributed by atoms with Crippen LogP contribution in [0, 0.1) is 0 Å². The number of anilines is 2. The first-order valence-corrected chi connectivity index (χ1v) is 10.4. The van der Waals surface area contributed by atoms with Crippen molar-refractivity contribution in [3.05, 3.63) is 81.6 Å². The van der Waals surface area contributed by atoms with Gasteiger partial charge in [-0.05, 0) is 42.5 Å². The zero-order chi connectivity index (χ0) is 20.3. The van der Waals surface area contributed by atoms with Gasteiger partial charge < -0.3 is 5.32 Å². The summed E-state index contributed by atoms with van der Waals surface area (Å²) in [6, 6.07) is 15.1. The van der Waals surface area contributed by atoms with Crippen LogP contribution in [-0.2, 0) is 10.0 Å².